The highest BCUT2D eigenvalue weighted by Crippen LogP contribution is 2.34. The summed E-state index contributed by atoms with van der Waals surface area (Å²) in [5.41, 5.74) is 0. The van der Waals surface area contributed by atoms with Crippen LogP contribution in [0, 0.1) is 0 Å². The Labute approximate surface area is 109 Å². The summed E-state index contributed by atoms with van der Waals surface area (Å²) in [6, 6.07) is 0. The van der Waals surface area contributed by atoms with Crippen molar-refractivity contribution in [3.8, 4) is 0 Å². The predicted molar refractivity (Wildman–Crippen MR) is 67.6 cm³/mol. The van der Waals surface area contributed by atoms with Crippen LogP contribution in [0.4, 0.5) is 0 Å². The van der Waals surface area contributed by atoms with Crippen LogP contribution in [0.25, 0.3) is 0 Å². The van der Waals surface area contributed by atoms with Gasteiger partial charge in [0, 0.05) is 16.5 Å². The molecule has 0 aliphatic carbocycles. The number of rotatable bonds is 2. The average molecular weight is 354 g/mol. The number of Topliss-reactive ketones (excluding diaryl/α,β-unsaturated/α-hetero) is 1. The summed E-state index contributed by atoms with van der Waals surface area (Å²) in [6.07, 6.45) is 2.76. The molecule has 0 spiro atoms. The van der Waals surface area contributed by atoms with Crippen LogP contribution in [0.15, 0.2) is 14.3 Å². The molecule has 0 radical (unpaired) electrons. The van der Waals surface area contributed by atoms with Crippen molar-refractivity contribution < 1.29 is 9.53 Å². The zero-order chi connectivity index (χ0) is 10.8. The van der Waals surface area contributed by atoms with Gasteiger partial charge < -0.3 is 4.74 Å². The molecule has 1 unspecified atom stereocenters. The highest BCUT2D eigenvalue weighted by Gasteiger charge is 2.26. The molecule has 1 fully saturated rings. The molecule has 15 heavy (non-hydrogen) atoms. The number of thiophene rings is 1. The standard InChI is InChI=1S/C10H10Br2O2S/c11-6-5-15-10(8(6)12)9(13)7-3-1-2-4-14-7/h5,7H,1-4H2. The molecule has 1 aromatic rings. The number of hydrogen-bond acceptors (Lipinski definition) is 3. The Morgan fingerprint density at radius 3 is 2.80 bits per heavy atom. The van der Waals surface area contributed by atoms with Crippen molar-refractivity contribution in [1.82, 2.24) is 0 Å². The van der Waals surface area contributed by atoms with Crippen molar-refractivity contribution in [3.05, 3.63) is 19.2 Å². The van der Waals surface area contributed by atoms with Gasteiger partial charge in [0.15, 0.2) is 0 Å². The molecule has 1 saturated heterocycles. The van der Waals surface area contributed by atoms with Crippen molar-refractivity contribution in [2.45, 2.75) is 25.4 Å². The van der Waals surface area contributed by atoms with Gasteiger partial charge >= 0.3 is 0 Å². The molecule has 0 aromatic carbocycles. The van der Waals surface area contributed by atoms with Crippen molar-refractivity contribution >= 4 is 49.0 Å². The van der Waals surface area contributed by atoms with Crippen LogP contribution in [-0.4, -0.2) is 18.5 Å². The van der Waals surface area contributed by atoms with E-state index in [0.29, 0.717) is 6.61 Å². The summed E-state index contributed by atoms with van der Waals surface area (Å²) in [7, 11) is 0. The summed E-state index contributed by atoms with van der Waals surface area (Å²) in [5, 5.41) is 1.92. The van der Waals surface area contributed by atoms with E-state index >= 15 is 0 Å². The Bertz CT molecular complexity index is 369. The minimum absolute atomic E-state index is 0.109. The molecule has 0 saturated carbocycles. The van der Waals surface area contributed by atoms with Gasteiger partial charge in [0.2, 0.25) is 5.78 Å². The second kappa shape index (κ2) is 5.08. The van der Waals surface area contributed by atoms with E-state index in [1.165, 1.54) is 11.3 Å². The molecule has 82 valence electrons. The van der Waals surface area contributed by atoms with Gasteiger partial charge in [-0.3, -0.25) is 4.79 Å². The number of carbonyl (C=O) groups is 1. The largest absolute Gasteiger partial charge is 0.370 e. The van der Waals surface area contributed by atoms with Gasteiger partial charge in [-0.2, -0.15) is 0 Å². The van der Waals surface area contributed by atoms with E-state index in [1.807, 2.05) is 5.38 Å². The predicted octanol–water partition coefficient (Wildman–Crippen LogP) is 4.02. The van der Waals surface area contributed by atoms with Gasteiger partial charge in [-0.25, -0.2) is 0 Å². The maximum Gasteiger partial charge on any atom is 0.202 e. The van der Waals surface area contributed by atoms with E-state index in [2.05, 4.69) is 31.9 Å². The van der Waals surface area contributed by atoms with Crippen molar-refractivity contribution in [1.29, 1.82) is 0 Å². The normalized spacial score (nSPS) is 21.6. The quantitative estimate of drug-likeness (QED) is 0.750. The summed E-state index contributed by atoms with van der Waals surface area (Å²) in [6.45, 7) is 0.709. The smallest absolute Gasteiger partial charge is 0.202 e. The maximum absolute atomic E-state index is 12.1. The second-order valence-corrected chi connectivity index (χ2v) is 5.97. The number of ketones is 1. The molecule has 5 heteroatoms. The van der Waals surface area contributed by atoms with Crippen LogP contribution in [-0.2, 0) is 4.74 Å². The third kappa shape index (κ3) is 2.52. The van der Waals surface area contributed by atoms with Crippen molar-refractivity contribution in [2.75, 3.05) is 6.61 Å². The van der Waals surface area contributed by atoms with Crippen molar-refractivity contribution in [2.24, 2.45) is 0 Å². The third-order valence-electron chi connectivity index (χ3n) is 2.39. The second-order valence-electron chi connectivity index (χ2n) is 3.45. The lowest BCUT2D eigenvalue weighted by atomic mass is 10.0. The summed E-state index contributed by atoms with van der Waals surface area (Å²) in [5.74, 6) is 0.109. The van der Waals surface area contributed by atoms with Crippen LogP contribution in [0.3, 0.4) is 0 Å². The fourth-order valence-corrected chi connectivity index (χ4v) is 3.73. The Morgan fingerprint density at radius 2 is 2.27 bits per heavy atom. The Balaban J connectivity index is 2.16. The van der Waals surface area contributed by atoms with E-state index in [9.17, 15) is 4.79 Å². The number of halogens is 2. The lowest BCUT2D eigenvalue weighted by Gasteiger charge is -2.20. The molecular weight excluding hydrogens is 344 g/mol. The van der Waals surface area contributed by atoms with E-state index in [4.69, 9.17) is 4.74 Å². The highest BCUT2D eigenvalue weighted by molar-refractivity contribution is 9.13. The molecule has 1 atom stereocenters. The molecule has 0 amide bonds. The fourth-order valence-electron chi connectivity index (χ4n) is 1.58. The minimum Gasteiger partial charge on any atom is -0.370 e. The highest BCUT2D eigenvalue weighted by atomic mass is 79.9. The molecule has 1 aliphatic rings. The summed E-state index contributed by atoms with van der Waals surface area (Å²) >= 11 is 8.24. The molecule has 1 aliphatic heterocycles. The first kappa shape index (κ1) is 11.8. The topological polar surface area (TPSA) is 26.3 Å². The molecule has 0 N–H and O–H groups in total. The zero-order valence-corrected chi connectivity index (χ0v) is 12.0. The SMILES string of the molecule is O=C(c1scc(Br)c1Br)C1CCCCO1. The van der Waals surface area contributed by atoms with Crippen LogP contribution < -0.4 is 0 Å². The Hall–Kier alpha value is 0.290. The van der Waals surface area contributed by atoms with Gasteiger partial charge in [0.25, 0.3) is 0 Å². The molecule has 1 aromatic heterocycles. The summed E-state index contributed by atoms with van der Waals surface area (Å²) in [4.78, 5) is 12.8. The van der Waals surface area contributed by atoms with Crippen LogP contribution in [0.5, 0.6) is 0 Å². The van der Waals surface area contributed by atoms with Gasteiger partial charge in [0.1, 0.15) is 6.10 Å². The molecular formula is C10H10Br2O2S. The minimum atomic E-state index is -0.236. The zero-order valence-electron chi connectivity index (χ0n) is 7.96. The fraction of sp³-hybridized carbons (Fsp3) is 0.500. The molecule has 2 heterocycles. The van der Waals surface area contributed by atoms with E-state index in [-0.39, 0.29) is 11.9 Å². The Kier molecular flexibility index (Phi) is 3.98. The van der Waals surface area contributed by atoms with E-state index in [0.717, 1.165) is 33.1 Å². The van der Waals surface area contributed by atoms with Gasteiger partial charge in [-0.05, 0) is 51.1 Å². The average Bonchev–Trinajstić information content (AvgIpc) is 2.60. The van der Waals surface area contributed by atoms with Crippen LogP contribution in [0.1, 0.15) is 28.9 Å². The molecule has 2 rings (SSSR count). The summed E-state index contributed by atoms with van der Waals surface area (Å²) < 4.78 is 7.27. The molecule has 2 nitrogen and oxygen atoms in total. The van der Waals surface area contributed by atoms with Crippen LogP contribution >= 0.6 is 43.2 Å². The number of ether oxygens (including phenoxy) is 1. The lowest BCUT2D eigenvalue weighted by molar-refractivity contribution is 0.0189. The van der Waals surface area contributed by atoms with E-state index < -0.39 is 0 Å². The van der Waals surface area contributed by atoms with E-state index in [1.54, 1.807) is 0 Å². The monoisotopic (exact) mass is 352 g/mol. The van der Waals surface area contributed by atoms with Crippen LogP contribution in [0.2, 0.25) is 0 Å². The first-order valence-electron chi connectivity index (χ1n) is 4.78. The maximum atomic E-state index is 12.1. The van der Waals surface area contributed by atoms with Gasteiger partial charge in [-0.1, -0.05) is 0 Å². The number of hydrogen-bond donors (Lipinski definition) is 0. The Morgan fingerprint density at radius 1 is 1.47 bits per heavy atom. The molecule has 0 bridgehead atoms. The van der Waals surface area contributed by atoms with Gasteiger partial charge in [0.05, 0.1) is 9.35 Å². The van der Waals surface area contributed by atoms with Gasteiger partial charge in [-0.15, -0.1) is 11.3 Å². The first-order valence-corrected chi connectivity index (χ1v) is 7.25. The lowest BCUT2D eigenvalue weighted by Crippen LogP contribution is -2.27. The van der Waals surface area contributed by atoms with Crippen molar-refractivity contribution in [3.63, 3.8) is 0 Å². The third-order valence-corrected chi connectivity index (χ3v) is 5.93. The number of carbonyl (C=O) groups excluding carboxylic acids is 1. The first-order chi connectivity index (χ1) is 7.20.